The molecule has 1 N–H and O–H groups in total. The Morgan fingerprint density at radius 3 is 2.89 bits per heavy atom. The van der Waals surface area contributed by atoms with Crippen molar-refractivity contribution in [2.24, 2.45) is 0 Å². The van der Waals surface area contributed by atoms with Gasteiger partial charge in [-0.3, -0.25) is 0 Å². The summed E-state index contributed by atoms with van der Waals surface area (Å²) in [5.74, 6) is 0.757. The zero-order valence-electron chi connectivity index (χ0n) is 10.1. The van der Waals surface area contributed by atoms with Crippen molar-refractivity contribution < 1.29 is 0 Å². The quantitative estimate of drug-likeness (QED) is 0.522. The van der Waals surface area contributed by atoms with E-state index in [0.717, 1.165) is 29.5 Å². The molecule has 0 bridgehead atoms. The highest BCUT2D eigenvalue weighted by atomic mass is 35.5. The van der Waals surface area contributed by atoms with E-state index in [1.165, 1.54) is 11.8 Å². The number of thioether (sulfide) groups is 1. The SMILES string of the molecule is CSc1nc(Cl)cc(NCCc2nc(C)cs2)n1. The summed E-state index contributed by atoms with van der Waals surface area (Å²) >= 11 is 9.07. The van der Waals surface area contributed by atoms with E-state index < -0.39 is 0 Å². The highest BCUT2D eigenvalue weighted by molar-refractivity contribution is 7.98. The van der Waals surface area contributed by atoms with Crippen molar-refractivity contribution in [3.63, 3.8) is 0 Å². The molecule has 2 aromatic rings. The third-order valence-corrected chi connectivity index (χ3v) is 3.94. The Hall–Kier alpha value is -0.850. The second-order valence-electron chi connectivity index (χ2n) is 3.62. The molecular formula is C11H13ClN4S2. The molecule has 0 aromatic carbocycles. The van der Waals surface area contributed by atoms with Gasteiger partial charge in [0.05, 0.1) is 5.01 Å². The number of thiazole rings is 1. The minimum atomic E-state index is 0.460. The molecule has 4 nitrogen and oxygen atoms in total. The molecule has 18 heavy (non-hydrogen) atoms. The lowest BCUT2D eigenvalue weighted by molar-refractivity contribution is 0.933. The summed E-state index contributed by atoms with van der Waals surface area (Å²) in [5.41, 5.74) is 1.07. The lowest BCUT2D eigenvalue weighted by atomic mass is 10.4. The molecule has 0 fully saturated rings. The standard InChI is InChI=1S/C11H13ClN4S2/c1-7-6-18-10(14-7)3-4-13-9-5-8(12)15-11(16-9)17-2/h5-6H,3-4H2,1-2H3,(H,13,15,16). The van der Waals surface area contributed by atoms with Crippen molar-refractivity contribution in [1.82, 2.24) is 15.0 Å². The number of aromatic nitrogens is 3. The first-order valence-electron chi connectivity index (χ1n) is 5.41. The molecule has 7 heteroatoms. The van der Waals surface area contributed by atoms with Crippen LogP contribution >= 0.6 is 34.7 Å². The van der Waals surface area contributed by atoms with Crippen molar-refractivity contribution in [2.45, 2.75) is 18.5 Å². The zero-order chi connectivity index (χ0) is 13.0. The molecule has 0 unspecified atom stereocenters. The van der Waals surface area contributed by atoms with Gasteiger partial charge in [-0.2, -0.15) is 0 Å². The molecule has 2 rings (SSSR count). The Balaban J connectivity index is 1.91. The van der Waals surface area contributed by atoms with Crippen molar-refractivity contribution in [2.75, 3.05) is 18.1 Å². The van der Waals surface area contributed by atoms with Crippen LogP contribution in [0, 0.1) is 6.92 Å². The normalized spacial score (nSPS) is 10.6. The molecule has 0 spiro atoms. The molecule has 2 aromatic heterocycles. The van der Waals surface area contributed by atoms with Crippen LogP contribution in [0.2, 0.25) is 5.15 Å². The van der Waals surface area contributed by atoms with E-state index in [-0.39, 0.29) is 0 Å². The number of hydrogen-bond acceptors (Lipinski definition) is 6. The third-order valence-electron chi connectivity index (χ3n) is 2.17. The highest BCUT2D eigenvalue weighted by Crippen LogP contribution is 2.17. The summed E-state index contributed by atoms with van der Waals surface area (Å²) in [7, 11) is 0. The summed E-state index contributed by atoms with van der Waals surface area (Å²) in [4.78, 5) is 12.8. The Kier molecular flexibility index (Phi) is 4.79. The van der Waals surface area contributed by atoms with E-state index in [9.17, 15) is 0 Å². The van der Waals surface area contributed by atoms with Crippen LogP contribution in [-0.2, 0) is 6.42 Å². The number of hydrogen-bond donors (Lipinski definition) is 1. The number of halogens is 1. The number of nitrogens with one attached hydrogen (secondary N) is 1. The van der Waals surface area contributed by atoms with E-state index in [1.54, 1.807) is 17.4 Å². The van der Waals surface area contributed by atoms with Gasteiger partial charge in [0, 0.05) is 30.1 Å². The molecule has 0 aliphatic rings. The van der Waals surface area contributed by atoms with Crippen LogP contribution in [0.15, 0.2) is 16.6 Å². The minimum Gasteiger partial charge on any atom is -0.369 e. The van der Waals surface area contributed by atoms with Crippen LogP contribution in [0.4, 0.5) is 5.82 Å². The van der Waals surface area contributed by atoms with Crippen LogP contribution in [0.1, 0.15) is 10.7 Å². The van der Waals surface area contributed by atoms with Crippen molar-refractivity contribution in [3.8, 4) is 0 Å². The van der Waals surface area contributed by atoms with Crippen LogP contribution in [0.3, 0.4) is 0 Å². The Morgan fingerprint density at radius 2 is 2.22 bits per heavy atom. The number of nitrogens with zero attached hydrogens (tertiary/aromatic N) is 3. The van der Waals surface area contributed by atoms with Gasteiger partial charge in [0.1, 0.15) is 11.0 Å². The Morgan fingerprint density at radius 1 is 1.39 bits per heavy atom. The molecule has 0 saturated heterocycles. The lowest BCUT2D eigenvalue weighted by Gasteiger charge is -2.05. The molecule has 0 aliphatic heterocycles. The first-order chi connectivity index (χ1) is 8.67. The van der Waals surface area contributed by atoms with E-state index in [1.807, 2.05) is 13.2 Å². The smallest absolute Gasteiger partial charge is 0.190 e. The van der Waals surface area contributed by atoms with Crippen molar-refractivity contribution in [3.05, 3.63) is 27.3 Å². The van der Waals surface area contributed by atoms with E-state index in [2.05, 4.69) is 25.6 Å². The molecule has 0 saturated carbocycles. The zero-order valence-corrected chi connectivity index (χ0v) is 12.5. The van der Waals surface area contributed by atoms with Gasteiger partial charge in [0.2, 0.25) is 0 Å². The Bertz CT molecular complexity index is 530. The van der Waals surface area contributed by atoms with Gasteiger partial charge < -0.3 is 5.32 Å². The predicted molar refractivity (Wildman–Crippen MR) is 77.9 cm³/mol. The topological polar surface area (TPSA) is 50.7 Å². The summed E-state index contributed by atoms with van der Waals surface area (Å²) in [6.07, 6.45) is 2.81. The maximum atomic E-state index is 5.91. The van der Waals surface area contributed by atoms with Gasteiger partial charge in [-0.25, -0.2) is 15.0 Å². The third kappa shape index (κ3) is 3.83. The molecule has 2 heterocycles. The minimum absolute atomic E-state index is 0.460. The van der Waals surface area contributed by atoms with Crippen LogP contribution in [-0.4, -0.2) is 27.8 Å². The van der Waals surface area contributed by atoms with Crippen molar-refractivity contribution in [1.29, 1.82) is 0 Å². The van der Waals surface area contributed by atoms with Gasteiger partial charge in [-0.05, 0) is 13.2 Å². The van der Waals surface area contributed by atoms with Gasteiger partial charge >= 0.3 is 0 Å². The molecule has 0 radical (unpaired) electrons. The number of rotatable bonds is 5. The van der Waals surface area contributed by atoms with Crippen LogP contribution in [0.5, 0.6) is 0 Å². The van der Waals surface area contributed by atoms with Gasteiger partial charge in [0.25, 0.3) is 0 Å². The number of aryl methyl sites for hydroxylation is 1. The average Bonchev–Trinajstić information content (AvgIpc) is 2.74. The van der Waals surface area contributed by atoms with E-state index in [0.29, 0.717) is 10.3 Å². The van der Waals surface area contributed by atoms with E-state index >= 15 is 0 Å². The highest BCUT2D eigenvalue weighted by Gasteiger charge is 2.03. The fourth-order valence-electron chi connectivity index (χ4n) is 1.39. The average molecular weight is 301 g/mol. The maximum Gasteiger partial charge on any atom is 0.190 e. The van der Waals surface area contributed by atoms with Gasteiger partial charge in [-0.15, -0.1) is 11.3 Å². The fraction of sp³-hybridized carbons (Fsp3) is 0.364. The maximum absolute atomic E-state index is 5.91. The van der Waals surface area contributed by atoms with Gasteiger partial charge in [0.15, 0.2) is 5.16 Å². The molecule has 0 aliphatic carbocycles. The second kappa shape index (κ2) is 6.36. The fourth-order valence-corrected chi connectivity index (χ4v) is 2.78. The first kappa shape index (κ1) is 13.6. The second-order valence-corrected chi connectivity index (χ2v) is 5.73. The van der Waals surface area contributed by atoms with Crippen molar-refractivity contribution >= 4 is 40.5 Å². The monoisotopic (exact) mass is 300 g/mol. The summed E-state index contributed by atoms with van der Waals surface area (Å²) in [6.45, 7) is 2.79. The summed E-state index contributed by atoms with van der Waals surface area (Å²) in [5, 5.41) is 7.56. The van der Waals surface area contributed by atoms with E-state index in [4.69, 9.17) is 11.6 Å². The van der Waals surface area contributed by atoms with Crippen LogP contribution in [0.25, 0.3) is 0 Å². The first-order valence-corrected chi connectivity index (χ1v) is 7.89. The molecule has 0 atom stereocenters. The molecule has 0 amide bonds. The predicted octanol–water partition coefficient (Wildman–Crippen LogP) is 3.27. The molecular weight excluding hydrogens is 288 g/mol. The van der Waals surface area contributed by atoms with Crippen LogP contribution < -0.4 is 5.32 Å². The van der Waals surface area contributed by atoms with Gasteiger partial charge in [-0.1, -0.05) is 23.4 Å². The summed E-state index contributed by atoms with van der Waals surface area (Å²) < 4.78 is 0. The Labute approximate surface area is 119 Å². The molecule has 96 valence electrons. The summed E-state index contributed by atoms with van der Waals surface area (Å²) in [6, 6.07) is 1.73. The number of anilines is 1. The largest absolute Gasteiger partial charge is 0.369 e. The lowest BCUT2D eigenvalue weighted by Crippen LogP contribution is -2.07.